The highest BCUT2D eigenvalue weighted by atomic mass is 16.5. The molecule has 1 rings (SSSR count). The normalized spacial score (nSPS) is 25.9. The molecule has 0 N–H and O–H groups in total. The van der Waals surface area contributed by atoms with Crippen molar-refractivity contribution in [3.8, 4) is 6.19 Å². The Morgan fingerprint density at radius 2 is 2.33 bits per heavy atom. The maximum absolute atomic E-state index is 8.82. The zero-order valence-corrected chi connectivity index (χ0v) is 9.02. The Labute approximate surface area is 90.9 Å². The summed E-state index contributed by atoms with van der Waals surface area (Å²) in [6.07, 6.45) is 8.19. The molecule has 2 unspecified atom stereocenters. The summed E-state index contributed by atoms with van der Waals surface area (Å²) in [6, 6.07) is 0.259. The number of hydrogen-bond donors (Lipinski definition) is 0. The maximum Gasteiger partial charge on any atom is 0.179 e. The van der Waals surface area contributed by atoms with Crippen LogP contribution in [-0.2, 0) is 4.74 Å². The van der Waals surface area contributed by atoms with Crippen LogP contribution in [0.1, 0.15) is 13.3 Å². The molecule has 3 nitrogen and oxygen atoms in total. The van der Waals surface area contributed by atoms with Crippen LogP contribution in [0.5, 0.6) is 0 Å². The summed E-state index contributed by atoms with van der Waals surface area (Å²) in [4.78, 5) is 1.74. The van der Waals surface area contributed by atoms with E-state index in [0.717, 1.165) is 6.42 Å². The van der Waals surface area contributed by atoms with Crippen molar-refractivity contribution >= 4 is 0 Å². The molecule has 0 aliphatic carbocycles. The van der Waals surface area contributed by atoms with E-state index in [1.54, 1.807) is 23.1 Å². The van der Waals surface area contributed by atoms with Gasteiger partial charge in [-0.2, -0.15) is 5.26 Å². The van der Waals surface area contributed by atoms with Crippen molar-refractivity contribution in [2.45, 2.75) is 25.5 Å². The molecule has 0 aromatic carbocycles. The van der Waals surface area contributed by atoms with E-state index in [1.165, 1.54) is 0 Å². The molecule has 3 heteroatoms. The molecule has 1 aliphatic heterocycles. The van der Waals surface area contributed by atoms with E-state index in [0.29, 0.717) is 12.3 Å². The average molecular weight is 204 g/mol. The minimum Gasteiger partial charge on any atom is -0.489 e. The van der Waals surface area contributed by atoms with Crippen molar-refractivity contribution in [1.82, 2.24) is 4.90 Å². The molecule has 0 radical (unpaired) electrons. The zero-order chi connectivity index (χ0) is 11.3. The lowest BCUT2D eigenvalue weighted by Gasteiger charge is -2.13. The van der Waals surface area contributed by atoms with Crippen LogP contribution in [0, 0.1) is 11.5 Å². The third-order valence-corrected chi connectivity index (χ3v) is 2.45. The Morgan fingerprint density at radius 1 is 1.60 bits per heavy atom. The number of hydrogen-bond acceptors (Lipinski definition) is 3. The lowest BCUT2D eigenvalue weighted by molar-refractivity contribution is 0.135. The van der Waals surface area contributed by atoms with Gasteiger partial charge in [0.05, 0.1) is 6.54 Å². The molecule has 0 spiro atoms. The molecule has 0 aromatic heterocycles. The number of rotatable bonds is 4. The quantitative estimate of drug-likeness (QED) is 0.400. The fourth-order valence-corrected chi connectivity index (χ4v) is 1.67. The standard InChI is InChI=1S/C12H16N2O/c1-4-6-11(5-2)15-12-7-10(3)14(8-12)9-13/h4-6,10,12H,1-2,7-8H2,3H3/b11-6+. The third-order valence-electron chi connectivity index (χ3n) is 2.45. The van der Waals surface area contributed by atoms with E-state index in [9.17, 15) is 0 Å². The Morgan fingerprint density at radius 3 is 2.80 bits per heavy atom. The second-order valence-electron chi connectivity index (χ2n) is 3.59. The number of nitrogens with zero attached hydrogens (tertiary/aromatic N) is 2. The first-order valence-electron chi connectivity index (χ1n) is 4.99. The van der Waals surface area contributed by atoms with Gasteiger partial charge < -0.3 is 9.64 Å². The molecule has 1 fully saturated rings. The molecular weight excluding hydrogens is 188 g/mol. The molecule has 0 amide bonds. The van der Waals surface area contributed by atoms with Crippen LogP contribution < -0.4 is 0 Å². The Hall–Kier alpha value is -1.69. The van der Waals surface area contributed by atoms with Gasteiger partial charge in [0.2, 0.25) is 0 Å². The van der Waals surface area contributed by atoms with E-state index in [-0.39, 0.29) is 12.1 Å². The Balaban J connectivity index is 2.55. The van der Waals surface area contributed by atoms with Gasteiger partial charge in [0, 0.05) is 12.5 Å². The van der Waals surface area contributed by atoms with E-state index in [1.807, 2.05) is 6.92 Å². The first kappa shape index (κ1) is 11.4. The molecule has 1 saturated heterocycles. The van der Waals surface area contributed by atoms with Crippen molar-refractivity contribution in [3.05, 3.63) is 37.1 Å². The van der Waals surface area contributed by atoms with Crippen LogP contribution >= 0.6 is 0 Å². The molecule has 1 aliphatic rings. The second-order valence-corrected chi connectivity index (χ2v) is 3.59. The summed E-state index contributed by atoms with van der Waals surface area (Å²) >= 11 is 0. The SMILES string of the molecule is C=C/C=C(\C=C)OC1CC(C)N(C#N)C1. The molecule has 80 valence electrons. The zero-order valence-electron chi connectivity index (χ0n) is 9.02. The van der Waals surface area contributed by atoms with Gasteiger partial charge in [-0.15, -0.1) is 0 Å². The predicted molar refractivity (Wildman–Crippen MR) is 59.7 cm³/mol. The Kier molecular flexibility index (Phi) is 3.99. The van der Waals surface area contributed by atoms with Gasteiger partial charge in [0.25, 0.3) is 0 Å². The van der Waals surface area contributed by atoms with Crippen molar-refractivity contribution < 1.29 is 4.74 Å². The van der Waals surface area contributed by atoms with Crippen molar-refractivity contribution in [1.29, 1.82) is 5.26 Å². The molecule has 15 heavy (non-hydrogen) atoms. The van der Waals surface area contributed by atoms with Gasteiger partial charge in [-0.1, -0.05) is 19.2 Å². The Bertz CT molecular complexity index is 314. The summed E-state index contributed by atoms with van der Waals surface area (Å²) in [7, 11) is 0. The molecule has 2 atom stereocenters. The van der Waals surface area contributed by atoms with Gasteiger partial charge in [0.1, 0.15) is 11.9 Å². The number of ether oxygens (including phenoxy) is 1. The van der Waals surface area contributed by atoms with Crippen LogP contribution in [0.4, 0.5) is 0 Å². The van der Waals surface area contributed by atoms with Gasteiger partial charge in [-0.05, 0) is 19.1 Å². The maximum atomic E-state index is 8.82. The number of allylic oxidation sites excluding steroid dienone is 3. The van der Waals surface area contributed by atoms with Crippen molar-refractivity contribution in [2.24, 2.45) is 0 Å². The van der Waals surface area contributed by atoms with E-state index < -0.39 is 0 Å². The highest BCUT2D eigenvalue weighted by Gasteiger charge is 2.29. The molecule has 0 bridgehead atoms. The molecule has 0 aromatic rings. The minimum atomic E-state index is 0.0730. The third kappa shape index (κ3) is 2.88. The number of likely N-dealkylation sites (tertiary alicyclic amines) is 1. The van der Waals surface area contributed by atoms with E-state index >= 15 is 0 Å². The van der Waals surface area contributed by atoms with E-state index in [4.69, 9.17) is 10.00 Å². The second kappa shape index (κ2) is 5.26. The number of nitriles is 1. The van der Waals surface area contributed by atoms with E-state index in [2.05, 4.69) is 19.4 Å². The fourth-order valence-electron chi connectivity index (χ4n) is 1.67. The summed E-state index contributed by atoms with van der Waals surface area (Å²) < 4.78 is 5.68. The van der Waals surface area contributed by atoms with Crippen LogP contribution in [0.2, 0.25) is 0 Å². The summed E-state index contributed by atoms with van der Waals surface area (Å²) in [5.41, 5.74) is 0. The largest absolute Gasteiger partial charge is 0.489 e. The smallest absolute Gasteiger partial charge is 0.179 e. The summed E-state index contributed by atoms with van der Waals surface area (Å²) in [5, 5.41) is 8.82. The average Bonchev–Trinajstić information content (AvgIpc) is 2.58. The van der Waals surface area contributed by atoms with Crippen LogP contribution in [-0.4, -0.2) is 23.6 Å². The highest BCUT2D eigenvalue weighted by molar-refractivity contribution is 5.15. The van der Waals surface area contributed by atoms with Gasteiger partial charge >= 0.3 is 0 Å². The molecule has 0 saturated carbocycles. The van der Waals surface area contributed by atoms with Crippen LogP contribution in [0.3, 0.4) is 0 Å². The predicted octanol–water partition coefficient (Wildman–Crippen LogP) is 2.20. The minimum absolute atomic E-state index is 0.0730. The first-order valence-corrected chi connectivity index (χ1v) is 4.99. The summed E-state index contributed by atoms with van der Waals surface area (Å²) in [5.74, 6) is 0.710. The van der Waals surface area contributed by atoms with Crippen molar-refractivity contribution in [3.63, 3.8) is 0 Å². The van der Waals surface area contributed by atoms with Crippen molar-refractivity contribution in [2.75, 3.05) is 6.54 Å². The van der Waals surface area contributed by atoms with Gasteiger partial charge in [-0.3, -0.25) is 0 Å². The van der Waals surface area contributed by atoms with Gasteiger partial charge in [0.15, 0.2) is 6.19 Å². The topological polar surface area (TPSA) is 36.3 Å². The van der Waals surface area contributed by atoms with Crippen LogP contribution in [0.15, 0.2) is 37.1 Å². The fraction of sp³-hybridized carbons (Fsp3) is 0.417. The summed E-state index contributed by atoms with van der Waals surface area (Å²) in [6.45, 7) is 9.94. The molecule has 1 heterocycles. The van der Waals surface area contributed by atoms with Crippen LogP contribution in [0.25, 0.3) is 0 Å². The van der Waals surface area contributed by atoms with Gasteiger partial charge in [-0.25, -0.2) is 0 Å². The monoisotopic (exact) mass is 204 g/mol. The molecular formula is C12H16N2O. The highest BCUT2D eigenvalue weighted by Crippen LogP contribution is 2.21. The lowest BCUT2D eigenvalue weighted by atomic mass is 10.2. The lowest BCUT2D eigenvalue weighted by Crippen LogP contribution is -2.22. The first-order chi connectivity index (χ1) is 7.21.